The number of methoxy groups -OCH3 is 1. The Kier molecular flexibility index (Phi) is 3.35. The lowest BCUT2D eigenvalue weighted by atomic mass is 10.0. The number of nitrogens with zero attached hydrogens (tertiary/aromatic N) is 1. The Balaban J connectivity index is 2.53. The first kappa shape index (κ1) is 13.0. The molecule has 0 unspecified atom stereocenters. The zero-order chi connectivity index (χ0) is 13.3. The highest BCUT2D eigenvalue weighted by Gasteiger charge is 2.17. The molecule has 0 atom stereocenters. The third kappa shape index (κ3) is 2.51. The van der Waals surface area contributed by atoms with Crippen LogP contribution in [0.2, 0.25) is 0 Å². The molecule has 0 spiro atoms. The van der Waals surface area contributed by atoms with Crippen molar-refractivity contribution >= 4 is 10.9 Å². The van der Waals surface area contributed by atoms with Crippen LogP contribution in [0.25, 0.3) is 10.9 Å². The molecule has 1 heterocycles. The predicted octanol–water partition coefficient (Wildman–Crippen LogP) is 2.98. The number of benzene rings is 1. The van der Waals surface area contributed by atoms with Gasteiger partial charge in [0.1, 0.15) is 5.75 Å². The number of aromatic nitrogens is 1. The van der Waals surface area contributed by atoms with Crippen LogP contribution in [0.5, 0.6) is 5.75 Å². The molecule has 2 rings (SSSR count). The fraction of sp³-hybridized carbons (Fsp3) is 0.467. The number of fused-ring (bicyclic) bond motifs is 1. The lowest BCUT2D eigenvalue weighted by molar-refractivity contribution is 0.0791. The summed E-state index contributed by atoms with van der Waals surface area (Å²) in [6.07, 6.45) is 0.651. The molecule has 0 saturated carbocycles. The third-order valence-electron chi connectivity index (χ3n) is 3.12. The van der Waals surface area contributed by atoms with Crippen LogP contribution < -0.4 is 4.74 Å². The maximum absolute atomic E-state index is 9.98. The monoisotopic (exact) mass is 247 g/mol. The summed E-state index contributed by atoms with van der Waals surface area (Å²) in [5, 5.41) is 11.1. The van der Waals surface area contributed by atoms with Crippen LogP contribution in [0.1, 0.15) is 26.5 Å². The van der Waals surface area contributed by atoms with Crippen LogP contribution in [0.3, 0.4) is 0 Å². The highest BCUT2D eigenvalue weighted by atomic mass is 16.5. The van der Waals surface area contributed by atoms with Crippen molar-refractivity contribution in [1.29, 1.82) is 0 Å². The second-order valence-corrected chi connectivity index (χ2v) is 5.29. The molecule has 0 aliphatic carbocycles. The smallest absolute Gasteiger partial charge is 0.119 e. The summed E-state index contributed by atoms with van der Waals surface area (Å²) >= 11 is 0. The largest absolute Gasteiger partial charge is 0.497 e. The molecule has 1 aromatic carbocycles. The minimum atomic E-state index is -0.689. The molecule has 3 nitrogen and oxygen atoms in total. The first-order valence-corrected chi connectivity index (χ1v) is 6.33. The molecule has 0 radical (unpaired) electrons. The van der Waals surface area contributed by atoms with Crippen molar-refractivity contribution in [2.75, 3.05) is 7.11 Å². The molecule has 0 amide bonds. The average Bonchev–Trinajstić information content (AvgIpc) is 2.62. The molecular formula is C15H21NO2. The lowest BCUT2D eigenvalue weighted by Gasteiger charge is -2.18. The molecule has 98 valence electrons. The van der Waals surface area contributed by atoms with Crippen molar-refractivity contribution in [3.63, 3.8) is 0 Å². The van der Waals surface area contributed by atoms with E-state index in [0.717, 1.165) is 23.4 Å². The molecular weight excluding hydrogens is 226 g/mol. The van der Waals surface area contributed by atoms with Gasteiger partial charge in [-0.3, -0.25) is 0 Å². The van der Waals surface area contributed by atoms with E-state index in [-0.39, 0.29) is 0 Å². The van der Waals surface area contributed by atoms with E-state index in [4.69, 9.17) is 4.74 Å². The lowest BCUT2D eigenvalue weighted by Crippen LogP contribution is -2.23. The summed E-state index contributed by atoms with van der Waals surface area (Å²) in [6.45, 7) is 6.70. The third-order valence-corrected chi connectivity index (χ3v) is 3.12. The van der Waals surface area contributed by atoms with Crippen LogP contribution >= 0.6 is 0 Å². The van der Waals surface area contributed by atoms with E-state index < -0.39 is 5.60 Å². The van der Waals surface area contributed by atoms with Gasteiger partial charge in [0.2, 0.25) is 0 Å². The van der Waals surface area contributed by atoms with Crippen molar-refractivity contribution < 1.29 is 9.84 Å². The zero-order valence-corrected chi connectivity index (χ0v) is 11.5. The highest BCUT2D eigenvalue weighted by Crippen LogP contribution is 2.26. The Labute approximate surface area is 108 Å². The molecule has 0 aliphatic rings. The number of aliphatic hydroxyl groups is 1. The van der Waals surface area contributed by atoms with Crippen LogP contribution in [0.15, 0.2) is 24.3 Å². The van der Waals surface area contributed by atoms with Crippen LogP contribution in [-0.4, -0.2) is 22.4 Å². The van der Waals surface area contributed by atoms with E-state index in [0.29, 0.717) is 6.42 Å². The topological polar surface area (TPSA) is 34.4 Å². The molecule has 3 heteroatoms. The van der Waals surface area contributed by atoms with Crippen LogP contribution in [0.4, 0.5) is 0 Å². The maximum atomic E-state index is 9.98. The summed E-state index contributed by atoms with van der Waals surface area (Å²) in [5.41, 5.74) is 1.66. The van der Waals surface area contributed by atoms with Gasteiger partial charge in [0.05, 0.1) is 12.7 Å². The van der Waals surface area contributed by atoms with E-state index in [1.54, 1.807) is 7.11 Å². The number of aryl methyl sites for hydroxylation is 1. The Hall–Kier alpha value is -1.48. The molecule has 18 heavy (non-hydrogen) atoms. The first-order valence-electron chi connectivity index (χ1n) is 6.33. The van der Waals surface area contributed by atoms with Crippen molar-refractivity contribution in [2.24, 2.45) is 0 Å². The molecule has 0 saturated heterocycles. The number of hydrogen-bond donors (Lipinski definition) is 1. The molecule has 1 N–H and O–H groups in total. The summed E-state index contributed by atoms with van der Waals surface area (Å²) in [7, 11) is 1.68. The minimum Gasteiger partial charge on any atom is -0.497 e. The second-order valence-electron chi connectivity index (χ2n) is 5.29. The Morgan fingerprint density at radius 2 is 2.00 bits per heavy atom. The number of ether oxygens (including phenoxy) is 1. The van der Waals surface area contributed by atoms with Crippen LogP contribution in [-0.2, 0) is 13.0 Å². The second kappa shape index (κ2) is 4.65. The van der Waals surface area contributed by atoms with Crippen molar-refractivity contribution in [3.8, 4) is 5.75 Å². The Morgan fingerprint density at radius 3 is 2.56 bits per heavy atom. The van der Waals surface area contributed by atoms with Gasteiger partial charge in [-0.15, -0.1) is 0 Å². The fourth-order valence-electron chi connectivity index (χ4n) is 2.40. The normalized spacial score (nSPS) is 12.1. The molecule has 1 aromatic heterocycles. The highest BCUT2D eigenvalue weighted by molar-refractivity contribution is 5.83. The van der Waals surface area contributed by atoms with Gasteiger partial charge in [0.25, 0.3) is 0 Å². The van der Waals surface area contributed by atoms with E-state index in [2.05, 4.69) is 23.6 Å². The van der Waals surface area contributed by atoms with Crippen molar-refractivity contribution in [3.05, 3.63) is 30.0 Å². The van der Waals surface area contributed by atoms with Crippen molar-refractivity contribution in [2.45, 2.75) is 39.3 Å². The van der Waals surface area contributed by atoms with Gasteiger partial charge in [-0.05, 0) is 45.0 Å². The standard InChI is InChI=1S/C15H21NO2/c1-5-16-12(10-15(2,3)17)8-11-9-13(18-4)6-7-14(11)16/h6-9,17H,5,10H2,1-4H3. The van der Waals surface area contributed by atoms with E-state index in [1.807, 2.05) is 26.0 Å². The Bertz CT molecular complexity index is 549. The Morgan fingerprint density at radius 1 is 1.28 bits per heavy atom. The maximum Gasteiger partial charge on any atom is 0.119 e. The molecule has 0 fully saturated rings. The number of rotatable bonds is 4. The van der Waals surface area contributed by atoms with Gasteiger partial charge < -0.3 is 14.4 Å². The van der Waals surface area contributed by atoms with Crippen LogP contribution in [0, 0.1) is 0 Å². The zero-order valence-electron chi connectivity index (χ0n) is 11.5. The fourth-order valence-corrected chi connectivity index (χ4v) is 2.40. The first-order chi connectivity index (χ1) is 8.44. The summed E-state index contributed by atoms with van der Waals surface area (Å²) < 4.78 is 7.49. The number of hydrogen-bond acceptors (Lipinski definition) is 2. The summed E-state index contributed by atoms with van der Waals surface area (Å²) in [6, 6.07) is 8.22. The molecule has 0 bridgehead atoms. The van der Waals surface area contributed by atoms with E-state index >= 15 is 0 Å². The quantitative estimate of drug-likeness (QED) is 0.901. The SMILES string of the molecule is CCn1c(CC(C)(C)O)cc2cc(OC)ccc21. The van der Waals surface area contributed by atoms with Gasteiger partial charge in [0, 0.05) is 29.6 Å². The van der Waals surface area contributed by atoms with E-state index in [1.165, 1.54) is 5.52 Å². The van der Waals surface area contributed by atoms with Crippen molar-refractivity contribution in [1.82, 2.24) is 4.57 Å². The van der Waals surface area contributed by atoms with Gasteiger partial charge in [-0.2, -0.15) is 0 Å². The average molecular weight is 247 g/mol. The summed E-state index contributed by atoms with van der Waals surface area (Å²) in [4.78, 5) is 0. The van der Waals surface area contributed by atoms with Gasteiger partial charge in [-0.25, -0.2) is 0 Å². The minimum absolute atomic E-state index is 0.651. The van der Waals surface area contributed by atoms with E-state index in [9.17, 15) is 5.11 Å². The summed E-state index contributed by atoms with van der Waals surface area (Å²) in [5.74, 6) is 0.866. The molecule has 2 aromatic rings. The molecule has 0 aliphatic heterocycles. The van der Waals surface area contributed by atoms with Gasteiger partial charge >= 0.3 is 0 Å². The van der Waals surface area contributed by atoms with Gasteiger partial charge in [-0.1, -0.05) is 0 Å². The van der Waals surface area contributed by atoms with Gasteiger partial charge in [0.15, 0.2) is 0 Å². The predicted molar refractivity (Wildman–Crippen MR) is 74.2 cm³/mol.